The van der Waals surface area contributed by atoms with Crippen molar-refractivity contribution in [2.75, 3.05) is 0 Å². The van der Waals surface area contributed by atoms with Crippen LogP contribution in [-0.2, 0) is 5.41 Å². The molecule has 1 aliphatic carbocycles. The maximum absolute atomic E-state index is 6.12. The first-order valence-electron chi connectivity index (χ1n) is 22.9. The Hall–Kier alpha value is -8.51. The molecule has 10 aromatic carbocycles. The van der Waals surface area contributed by atoms with Crippen molar-refractivity contribution in [3.63, 3.8) is 0 Å². The SMILES string of the molecule is c1ccc2c(c1)Sc1ccccc1C21c2ccccc2-c2cc(-c3ccc(-c4cc(-c5ccc(-c6nc7ccccc7o6)cc5)cc(-c5ccc(-c6nc7ccccc7o6)cc5)c4)cc3)ccc21. The smallest absolute Gasteiger partial charge is 0.227 e. The van der Waals surface area contributed by atoms with Crippen LogP contribution < -0.4 is 0 Å². The van der Waals surface area contributed by atoms with Crippen molar-refractivity contribution in [2.45, 2.75) is 15.2 Å². The van der Waals surface area contributed by atoms with Gasteiger partial charge in [0.1, 0.15) is 11.0 Å². The van der Waals surface area contributed by atoms with Gasteiger partial charge in [0.15, 0.2) is 11.2 Å². The standard InChI is InChI=1S/C63H38N2O2S/c1-2-12-51-49(11-1)50-38-45(33-34-52(50)63(51)53-13-3-9-19-59(53)68-60-20-10-4-14-54(60)63)39-21-23-40(24-22-39)46-35-47(41-25-29-43(30-26-41)61-64-55-15-5-7-17-57(55)66-61)37-48(36-46)42-27-31-44(32-28-42)62-65-56-16-6-8-18-58(56)67-62/h1-38H. The number of hydrogen-bond acceptors (Lipinski definition) is 5. The predicted octanol–water partition coefficient (Wildman–Crippen LogP) is 16.8. The van der Waals surface area contributed by atoms with Crippen molar-refractivity contribution >= 4 is 34.0 Å². The van der Waals surface area contributed by atoms with E-state index in [1.807, 2.05) is 60.3 Å². The molecule has 0 N–H and O–H groups in total. The Morgan fingerprint density at radius 1 is 0.294 bits per heavy atom. The van der Waals surface area contributed by atoms with E-state index in [0.29, 0.717) is 11.8 Å². The zero-order chi connectivity index (χ0) is 44.8. The molecule has 14 rings (SSSR count). The van der Waals surface area contributed by atoms with Gasteiger partial charge in [-0.2, -0.15) is 0 Å². The van der Waals surface area contributed by atoms with Crippen molar-refractivity contribution in [2.24, 2.45) is 0 Å². The first-order chi connectivity index (χ1) is 33.6. The number of nitrogens with zero attached hydrogens (tertiary/aromatic N) is 2. The molecule has 0 saturated carbocycles. The summed E-state index contributed by atoms with van der Waals surface area (Å²) >= 11 is 1.88. The van der Waals surface area contributed by atoms with Crippen LogP contribution in [0.25, 0.3) is 101 Å². The first-order valence-corrected chi connectivity index (χ1v) is 23.8. The lowest BCUT2D eigenvalue weighted by molar-refractivity contribution is 0.619. The second-order valence-corrected chi connectivity index (χ2v) is 18.7. The van der Waals surface area contributed by atoms with E-state index >= 15 is 0 Å². The van der Waals surface area contributed by atoms with Crippen molar-refractivity contribution in [1.82, 2.24) is 9.97 Å². The molecular formula is C63H38N2O2S. The molecule has 0 atom stereocenters. The Morgan fingerprint density at radius 2 is 0.676 bits per heavy atom. The minimum absolute atomic E-state index is 0.384. The number of oxazole rings is 2. The molecule has 3 heterocycles. The number of aromatic nitrogens is 2. The summed E-state index contributed by atoms with van der Waals surface area (Å²) in [5.74, 6) is 1.23. The first kappa shape index (κ1) is 38.7. The van der Waals surface area contributed by atoms with Crippen LogP contribution in [0, 0.1) is 0 Å². The van der Waals surface area contributed by atoms with E-state index in [4.69, 9.17) is 18.8 Å². The summed E-state index contributed by atoms with van der Waals surface area (Å²) in [4.78, 5) is 12.1. The van der Waals surface area contributed by atoms with Gasteiger partial charge in [-0.15, -0.1) is 0 Å². The van der Waals surface area contributed by atoms with Gasteiger partial charge in [-0.05, 0) is 163 Å². The van der Waals surface area contributed by atoms with E-state index in [-0.39, 0.29) is 5.41 Å². The average Bonchev–Trinajstić information content (AvgIpc) is 4.13. The number of hydrogen-bond donors (Lipinski definition) is 0. The Balaban J connectivity index is 0.844. The highest BCUT2D eigenvalue weighted by atomic mass is 32.2. The van der Waals surface area contributed by atoms with Crippen LogP contribution in [0.15, 0.2) is 249 Å². The van der Waals surface area contributed by atoms with E-state index in [1.54, 1.807) is 0 Å². The molecule has 2 aliphatic rings. The molecule has 0 bridgehead atoms. The van der Waals surface area contributed by atoms with Crippen LogP contribution in [-0.4, -0.2) is 9.97 Å². The highest BCUT2D eigenvalue weighted by Crippen LogP contribution is 2.62. The number of fused-ring (bicyclic) bond motifs is 11. The zero-order valence-corrected chi connectivity index (χ0v) is 37.4. The van der Waals surface area contributed by atoms with Gasteiger partial charge in [0, 0.05) is 20.9 Å². The minimum Gasteiger partial charge on any atom is -0.436 e. The molecule has 1 aliphatic heterocycles. The minimum atomic E-state index is -0.384. The number of rotatable bonds is 6. The molecule has 68 heavy (non-hydrogen) atoms. The molecule has 0 unspecified atom stereocenters. The summed E-state index contributed by atoms with van der Waals surface area (Å²) in [7, 11) is 0. The van der Waals surface area contributed by atoms with Crippen molar-refractivity contribution in [1.29, 1.82) is 0 Å². The topological polar surface area (TPSA) is 52.1 Å². The number of benzene rings is 10. The van der Waals surface area contributed by atoms with Gasteiger partial charge in [-0.25, -0.2) is 9.97 Å². The fourth-order valence-corrected chi connectivity index (χ4v) is 11.8. The lowest BCUT2D eigenvalue weighted by Crippen LogP contribution is -2.31. The third-order valence-corrected chi connectivity index (χ3v) is 15.0. The highest BCUT2D eigenvalue weighted by molar-refractivity contribution is 7.99. The van der Waals surface area contributed by atoms with Gasteiger partial charge in [0.2, 0.25) is 11.8 Å². The second kappa shape index (κ2) is 15.3. The summed E-state index contributed by atoms with van der Waals surface area (Å²) in [6.07, 6.45) is 0. The average molecular weight is 887 g/mol. The fourth-order valence-electron chi connectivity index (χ4n) is 10.6. The van der Waals surface area contributed by atoms with E-state index in [1.165, 1.54) is 54.3 Å². The van der Waals surface area contributed by atoms with Crippen LogP contribution in [0.1, 0.15) is 22.3 Å². The van der Waals surface area contributed by atoms with Gasteiger partial charge in [-0.1, -0.05) is 157 Å². The molecule has 0 radical (unpaired) electrons. The molecule has 5 heteroatoms. The lowest BCUT2D eigenvalue weighted by Gasteiger charge is -2.39. The van der Waals surface area contributed by atoms with Gasteiger partial charge in [0.25, 0.3) is 0 Å². The van der Waals surface area contributed by atoms with E-state index in [2.05, 4.69) is 182 Å². The quantitative estimate of drug-likeness (QED) is 0.166. The van der Waals surface area contributed by atoms with Crippen LogP contribution in [0.5, 0.6) is 0 Å². The summed E-state index contributed by atoms with van der Waals surface area (Å²) < 4.78 is 12.2. The monoisotopic (exact) mass is 886 g/mol. The van der Waals surface area contributed by atoms with Crippen LogP contribution >= 0.6 is 11.8 Å². The summed E-state index contributed by atoms with van der Waals surface area (Å²) in [6, 6.07) is 82.8. The molecule has 1 spiro atoms. The fraction of sp³-hybridized carbons (Fsp3) is 0.0159. The zero-order valence-electron chi connectivity index (χ0n) is 36.6. The second-order valence-electron chi connectivity index (χ2n) is 17.7. The van der Waals surface area contributed by atoms with Gasteiger partial charge >= 0.3 is 0 Å². The molecule has 318 valence electrons. The van der Waals surface area contributed by atoms with Crippen molar-refractivity contribution in [3.05, 3.63) is 253 Å². The Morgan fingerprint density at radius 3 is 1.18 bits per heavy atom. The molecule has 0 amide bonds. The van der Waals surface area contributed by atoms with Crippen molar-refractivity contribution < 1.29 is 8.83 Å². The van der Waals surface area contributed by atoms with Gasteiger partial charge < -0.3 is 8.83 Å². The Labute approximate surface area is 397 Å². The Kier molecular flexibility index (Phi) is 8.70. The highest BCUT2D eigenvalue weighted by Gasteiger charge is 2.50. The third kappa shape index (κ3) is 6.10. The predicted molar refractivity (Wildman–Crippen MR) is 276 cm³/mol. The maximum Gasteiger partial charge on any atom is 0.227 e. The van der Waals surface area contributed by atoms with E-state index in [9.17, 15) is 0 Å². The normalized spacial score (nSPS) is 13.1. The molecule has 4 nitrogen and oxygen atoms in total. The summed E-state index contributed by atoms with van der Waals surface area (Å²) in [6.45, 7) is 0. The Bertz CT molecular complexity index is 3690. The van der Waals surface area contributed by atoms with Crippen molar-refractivity contribution in [3.8, 4) is 78.5 Å². The van der Waals surface area contributed by atoms with Crippen LogP contribution in [0.2, 0.25) is 0 Å². The van der Waals surface area contributed by atoms with E-state index < -0.39 is 0 Å². The molecule has 0 fully saturated rings. The lowest BCUT2D eigenvalue weighted by atomic mass is 9.67. The molecular weight excluding hydrogens is 849 g/mol. The molecule has 12 aromatic rings. The van der Waals surface area contributed by atoms with Crippen LogP contribution in [0.3, 0.4) is 0 Å². The number of para-hydroxylation sites is 4. The van der Waals surface area contributed by atoms with Gasteiger partial charge in [0.05, 0.1) is 5.41 Å². The maximum atomic E-state index is 6.12. The molecule has 0 saturated heterocycles. The largest absolute Gasteiger partial charge is 0.436 e. The summed E-state index contributed by atoms with van der Waals surface area (Å²) in [5.41, 5.74) is 21.8. The third-order valence-electron chi connectivity index (χ3n) is 13.8. The van der Waals surface area contributed by atoms with Crippen LogP contribution in [0.4, 0.5) is 0 Å². The summed E-state index contributed by atoms with van der Waals surface area (Å²) in [5, 5.41) is 0. The molecule has 2 aromatic heterocycles. The van der Waals surface area contributed by atoms with Gasteiger partial charge in [-0.3, -0.25) is 0 Å². The van der Waals surface area contributed by atoms with E-state index in [0.717, 1.165) is 66.7 Å².